The largest absolute Gasteiger partial charge is 0.419 e. The summed E-state index contributed by atoms with van der Waals surface area (Å²) in [6.45, 7) is 3.74. The van der Waals surface area contributed by atoms with Crippen LogP contribution in [0, 0.1) is 11.8 Å². The Labute approximate surface area is 233 Å². The number of nitrogens with zero attached hydrogens (tertiary/aromatic N) is 5. The second-order valence-electron chi connectivity index (χ2n) is 10.7. The van der Waals surface area contributed by atoms with Gasteiger partial charge in [0.05, 0.1) is 31.5 Å². The van der Waals surface area contributed by atoms with Crippen LogP contribution >= 0.6 is 0 Å². The summed E-state index contributed by atoms with van der Waals surface area (Å²) >= 11 is 0. The van der Waals surface area contributed by atoms with Gasteiger partial charge in [-0.25, -0.2) is 22.2 Å². The summed E-state index contributed by atoms with van der Waals surface area (Å²) in [5.41, 5.74) is 6.89. The van der Waals surface area contributed by atoms with Crippen molar-refractivity contribution in [3.8, 4) is 11.5 Å². The molecule has 1 aliphatic carbocycles. The van der Waals surface area contributed by atoms with E-state index in [-0.39, 0.29) is 42.5 Å². The van der Waals surface area contributed by atoms with Gasteiger partial charge in [-0.3, -0.25) is 4.31 Å². The van der Waals surface area contributed by atoms with E-state index in [2.05, 4.69) is 22.1 Å². The molecule has 2 heterocycles. The van der Waals surface area contributed by atoms with E-state index in [0.717, 1.165) is 22.5 Å². The maximum atomic E-state index is 13.6. The predicted molar refractivity (Wildman–Crippen MR) is 149 cm³/mol. The number of benzene rings is 1. The van der Waals surface area contributed by atoms with Crippen LogP contribution in [0.25, 0.3) is 11.5 Å². The highest BCUT2D eigenvalue weighted by Crippen LogP contribution is 2.40. The van der Waals surface area contributed by atoms with Gasteiger partial charge in [-0.05, 0) is 49.3 Å². The van der Waals surface area contributed by atoms with Gasteiger partial charge in [-0.1, -0.05) is 37.3 Å². The fourth-order valence-electron chi connectivity index (χ4n) is 4.57. The third kappa shape index (κ3) is 7.52. The molecule has 0 aliphatic heterocycles. The number of rotatable bonds is 14. The van der Waals surface area contributed by atoms with E-state index >= 15 is 0 Å². The number of pyridine rings is 1. The van der Waals surface area contributed by atoms with Crippen molar-refractivity contribution in [2.24, 2.45) is 17.6 Å². The Morgan fingerprint density at radius 1 is 1.20 bits per heavy atom. The molecule has 10 nitrogen and oxygen atoms in total. The van der Waals surface area contributed by atoms with Crippen molar-refractivity contribution < 1.29 is 26.4 Å². The normalized spacial score (nSPS) is 18.5. The van der Waals surface area contributed by atoms with Gasteiger partial charge in [-0.15, -0.1) is 10.2 Å². The summed E-state index contributed by atoms with van der Waals surface area (Å²) in [7, 11) is -2.33. The van der Waals surface area contributed by atoms with Gasteiger partial charge < -0.3 is 19.8 Å². The van der Waals surface area contributed by atoms with Crippen LogP contribution in [0.1, 0.15) is 31.7 Å². The first kappa shape index (κ1) is 29.8. The minimum absolute atomic E-state index is 0.0211. The molecular formula is C27H36F2N6O4S. The van der Waals surface area contributed by atoms with Gasteiger partial charge in [0.25, 0.3) is 6.43 Å². The summed E-state index contributed by atoms with van der Waals surface area (Å²) in [6.07, 6.45) is -0.205. The molecule has 1 aromatic carbocycles. The molecular weight excluding hydrogens is 542 g/mol. The molecule has 0 radical (unpaired) electrons. The van der Waals surface area contributed by atoms with E-state index < -0.39 is 28.5 Å². The molecule has 13 heteroatoms. The lowest BCUT2D eigenvalue weighted by Gasteiger charge is -2.27. The van der Waals surface area contributed by atoms with Crippen LogP contribution in [-0.2, 0) is 26.7 Å². The lowest BCUT2D eigenvalue weighted by molar-refractivity contribution is 0.154. The molecule has 1 aliphatic rings. The highest BCUT2D eigenvalue weighted by atomic mass is 32.2. The number of alkyl halides is 2. The maximum absolute atomic E-state index is 13.6. The van der Waals surface area contributed by atoms with E-state index in [4.69, 9.17) is 14.9 Å². The molecule has 1 fully saturated rings. The molecule has 0 saturated heterocycles. The number of halogens is 2. The number of aromatic nitrogens is 3. The van der Waals surface area contributed by atoms with Crippen LogP contribution in [0.15, 0.2) is 46.9 Å². The third-order valence-corrected chi connectivity index (χ3v) is 8.11. The molecule has 0 amide bonds. The summed E-state index contributed by atoms with van der Waals surface area (Å²) in [4.78, 5) is 6.01. The second kappa shape index (κ2) is 12.1. The van der Waals surface area contributed by atoms with Gasteiger partial charge in [0.2, 0.25) is 21.8 Å². The predicted octanol–water partition coefficient (Wildman–Crippen LogP) is 3.69. The molecule has 2 aromatic heterocycles. The van der Waals surface area contributed by atoms with Gasteiger partial charge in [0.1, 0.15) is 11.6 Å². The number of ether oxygens (including phenoxy) is 1. The minimum atomic E-state index is -3.79. The molecule has 218 valence electrons. The number of anilines is 2. The zero-order chi connectivity index (χ0) is 29.1. The van der Waals surface area contributed by atoms with E-state index in [9.17, 15) is 17.2 Å². The van der Waals surface area contributed by atoms with Gasteiger partial charge in [-0.2, -0.15) is 0 Å². The van der Waals surface area contributed by atoms with Gasteiger partial charge in [0.15, 0.2) is 0 Å². The van der Waals surface area contributed by atoms with Crippen LogP contribution < -0.4 is 14.9 Å². The Morgan fingerprint density at radius 2 is 1.88 bits per heavy atom. The molecule has 3 atom stereocenters. The summed E-state index contributed by atoms with van der Waals surface area (Å²) in [5.74, 6) is 1.15. The first-order chi connectivity index (χ1) is 18.9. The smallest absolute Gasteiger partial charge is 0.255 e. The average Bonchev–Trinajstić information content (AvgIpc) is 3.34. The standard InChI is InChI=1S/C27H36F2N6O4S/c1-18-12-21(18)16-34(17-22(28)29)23-13-20(14-24(31-23)35(10-11-38-3)40(4,36)37)25-32-33-26(39-25)27(2,30)15-19-8-6-5-7-9-19/h5-9,13-14,18,21-22H,10-12,15-17,30H2,1-4H3/t18?,21?,27-/m1/s1. The highest BCUT2D eigenvalue weighted by Gasteiger charge is 2.36. The number of hydrogen-bond donors (Lipinski definition) is 1. The van der Waals surface area contributed by atoms with E-state index in [1.54, 1.807) is 13.0 Å². The van der Waals surface area contributed by atoms with Crippen LogP contribution in [-0.4, -0.2) is 69.6 Å². The number of methoxy groups -OCH3 is 1. The van der Waals surface area contributed by atoms with Crippen LogP contribution in [0.4, 0.5) is 20.4 Å². The average molecular weight is 579 g/mol. The number of hydrogen-bond acceptors (Lipinski definition) is 9. The Hall–Kier alpha value is -3.16. The third-order valence-electron chi connectivity index (χ3n) is 6.94. The number of nitrogens with two attached hydrogens (primary N) is 1. The summed E-state index contributed by atoms with van der Waals surface area (Å²) in [5, 5.41) is 8.36. The van der Waals surface area contributed by atoms with Crippen LogP contribution in [0.5, 0.6) is 0 Å². The SMILES string of the molecule is COCCN(c1cc(-c2nnc([C@](C)(N)Cc3ccccc3)o2)cc(N(CC(F)F)CC2CC2C)n1)S(C)(=O)=O. The molecule has 0 spiro atoms. The van der Waals surface area contributed by atoms with Crippen LogP contribution in [0.2, 0.25) is 0 Å². The summed E-state index contributed by atoms with van der Waals surface area (Å²) < 4.78 is 64.9. The van der Waals surface area contributed by atoms with Crippen molar-refractivity contribution >= 4 is 21.7 Å². The van der Waals surface area contributed by atoms with E-state index in [1.807, 2.05) is 30.3 Å². The molecule has 2 unspecified atom stereocenters. The van der Waals surface area contributed by atoms with Gasteiger partial charge >= 0.3 is 0 Å². The Bertz CT molecular complexity index is 1390. The second-order valence-corrected chi connectivity index (χ2v) is 12.6. The van der Waals surface area contributed by atoms with Crippen molar-refractivity contribution in [1.82, 2.24) is 15.2 Å². The molecule has 1 saturated carbocycles. The Balaban J connectivity index is 1.76. The maximum Gasteiger partial charge on any atom is 0.255 e. The lowest BCUT2D eigenvalue weighted by Crippen LogP contribution is -2.36. The lowest BCUT2D eigenvalue weighted by atomic mass is 9.94. The van der Waals surface area contributed by atoms with Crippen molar-refractivity contribution in [1.29, 1.82) is 0 Å². The Morgan fingerprint density at radius 3 is 2.48 bits per heavy atom. The molecule has 2 N–H and O–H groups in total. The van der Waals surface area contributed by atoms with Crippen molar-refractivity contribution in [2.45, 2.75) is 38.7 Å². The first-order valence-electron chi connectivity index (χ1n) is 13.1. The first-order valence-corrected chi connectivity index (χ1v) is 14.9. The zero-order valence-electron chi connectivity index (χ0n) is 23.1. The fraction of sp³-hybridized carbons (Fsp3) is 0.519. The fourth-order valence-corrected chi connectivity index (χ4v) is 5.41. The monoisotopic (exact) mass is 578 g/mol. The Kier molecular flexibility index (Phi) is 9.06. The molecule has 40 heavy (non-hydrogen) atoms. The number of sulfonamides is 1. The van der Waals surface area contributed by atoms with Crippen molar-refractivity contribution in [2.75, 3.05) is 48.8 Å². The van der Waals surface area contributed by atoms with E-state index in [0.29, 0.717) is 24.4 Å². The molecule has 0 bridgehead atoms. The topological polar surface area (TPSA) is 128 Å². The van der Waals surface area contributed by atoms with Crippen molar-refractivity contribution in [3.05, 3.63) is 53.9 Å². The zero-order valence-corrected chi connectivity index (χ0v) is 23.9. The molecule has 4 rings (SSSR count). The van der Waals surface area contributed by atoms with E-state index in [1.165, 1.54) is 18.1 Å². The minimum Gasteiger partial charge on any atom is -0.419 e. The van der Waals surface area contributed by atoms with Crippen LogP contribution in [0.3, 0.4) is 0 Å². The van der Waals surface area contributed by atoms with Gasteiger partial charge in [0, 0.05) is 19.2 Å². The summed E-state index contributed by atoms with van der Waals surface area (Å²) in [6, 6.07) is 12.7. The highest BCUT2D eigenvalue weighted by molar-refractivity contribution is 7.92. The van der Waals surface area contributed by atoms with Crippen molar-refractivity contribution in [3.63, 3.8) is 0 Å². The molecule has 3 aromatic rings. The quantitative estimate of drug-likeness (QED) is 0.305.